The fourth-order valence-corrected chi connectivity index (χ4v) is 2.14. The lowest BCUT2D eigenvalue weighted by Gasteiger charge is -2.13. The van der Waals surface area contributed by atoms with Gasteiger partial charge in [0, 0.05) is 4.47 Å². The van der Waals surface area contributed by atoms with E-state index >= 15 is 0 Å². The Morgan fingerprint density at radius 1 is 1.08 bits per heavy atom. The maximum absolute atomic E-state index is 9.40. The number of hydrogen-bond donors (Lipinski definition) is 2. The maximum atomic E-state index is 9.40. The Morgan fingerprint density at radius 2 is 1.46 bits per heavy atom. The highest BCUT2D eigenvalue weighted by atomic mass is 79.9. The number of aliphatic hydroxyl groups excluding tert-OH is 2. The van der Waals surface area contributed by atoms with Crippen LogP contribution in [0.3, 0.4) is 0 Å². The van der Waals surface area contributed by atoms with Gasteiger partial charge in [0.05, 0.1) is 12.2 Å². The van der Waals surface area contributed by atoms with Crippen molar-refractivity contribution in [1.82, 2.24) is 0 Å². The number of benzene rings is 1. The molecule has 0 aromatic heterocycles. The number of rotatable bonds is 2. The molecule has 0 bridgehead atoms. The molecule has 0 saturated heterocycles. The molecule has 13 heavy (non-hydrogen) atoms. The zero-order chi connectivity index (χ0) is 10.0. The second-order valence-corrected chi connectivity index (χ2v) is 3.90. The van der Waals surface area contributed by atoms with Gasteiger partial charge in [-0.25, -0.2) is 0 Å². The Labute approximate surface area is 86.3 Å². The minimum absolute atomic E-state index is 0.520. The minimum atomic E-state index is -0.520. The second kappa shape index (κ2) is 4.22. The summed E-state index contributed by atoms with van der Waals surface area (Å²) in [6, 6.07) is 5.50. The van der Waals surface area contributed by atoms with Gasteiger partial charge >= 0.3 is 0 Å². The summed E-state index contributed by atoms with van der Waals surface area (Å²) in [7, 11) is 0. The molecule has 0 aliphatic carbocycles. The first-order chi connectivity index (χ1) is 6.04. The molecule has 0 aliphatic heterocycles. The van der Waals surface area contributed by atoms with E-state index in [9.17, 15) is 10.2 Å². The van der Waals surface area contributed by atoms with Crippen molar-refractivity contribution in [2.24, 2.45) is 0 Å². The van der Waals surface area contributed by atoms with Crippen LogP contribution in [-0.2, 0) is 0 Å². The molecule has 0 aliphatic rings. The lowest BCUT2D eigenvalue weighted by Crippen LogP contribution is -1.98. The topological polar surface area (TPSA) is 40.5 Å². The van der Waals surface area contributed by atoms with Crippen molar-refractivity contribution in [2.45, 2.75) is 26.1 Å². The first-order valence-corrected chi connectivity index (χ1v) is 4.97. The van der Waals surface area contributed by atoms with Crippen LogP contribution in [0.4, 0.5) is 0 Å². The van der Waals surface area contributed by atoms with E-state index in [1.807, 2.05) is 18.2 Å². The van der Waals surface area contributed by atoms with Gasteiger partial charge in [-0.1, -0.05) is 34.1 Å². The van der Waals surface area contributed by atoms with E-state index in [1.54, 1.807) is 13.8 Å². The fraction of sp³-hybridized carbons (Fsp3) is 0.400. The lowest BCUT2D eigenvalue weighted by molar-refractivity contribution is 0.191. The largest absolute Gasteiger partial charge is 0.389 e. The Kier molecular flexibility index (Phi) is 3.47. The van der Waals surface area contributed by atoms with Gasteiger partial charge in [-0.05, 0) is 25.0 Å². The molecular formula is C10H13BrO2. The van der Waals surface area contributed by atoms with Gasteiger partial charge in [0.15, 0.2) is 0 Å². The van der Waals surface area contributed by atoms with Crippen LogP contribution in [0.15, 0.2) is 22.7 Å². The summed E-state index contributed by atoms with van der Waals surface area (Å²) in [6.45, 7) is 3.40. The smallest absolute Gasteiger partial charge is 0.0772 e. The van der Waals surface area contributed by atoms with Crippen molar-refractivity contribution in [2.75, 3.05) is 0 Å². The van der Waals surface area contributed by atoms with Gasteiger partial charge in [-0.3, -0.25) is 0 Å². The third-order valence-corrected chi connectivity index (χ3v) is 2.87. The van der Waals surface area contributed by atoms with Crippen LogP contribution >= 0.6 is 15.9 Å². The van der Waals surface area contributed by atoms with Gasteiger partial charge in [0.1, 0.15) is 0 Å². The standard InChI is InChI=1S/C10H13BrO2/c1-6(12)8-4-3-5-9(7(2)13)10(8)11/h3-7,12-13H,1-2H3/t6-,7-/m1/s1. The summed E-state index contributed by atoms with van der Waals surface area (Å²) >= 11 is 3.36. The number of aliphatic hydroxyl groups is 2. The van der Waals surface area contributed by atoms with Crippen molar-refractivity contribution in [3.63, 3.8) is 0 Å². The van der Waals surface area contributed by atoms with Crippen LogP contribution in [0.5, 0.6) is 0 Å². The van der Waals surface area contributed by atoms with Crippen LogP contribution in [0.25, 0.3) is 0 Å². The van der Waals surface area contributed by atoms with Crippen LogP contribution in [0.1, 0.15) is 37.2 Å². The predicted octanol–water partition coefficient (Wildman–Crippen LogP) is 2.56. The van der Waals surface area contributed by atoms with Crippen molar-refractivity contribution < 1.29 is 10.2 Å². The molecule has 2 atom stereocenters. The maximum Gasteiger partial charge on any atom is 0.0772 e. The lowest BCUT2D eigenvalue weighted by atomic mass is 10.0. The Hall–Kier alpha value is -0.380. The quantitative estimate of drug-likeness (QED) is 0.840. The van der Waals surface area contributed by atoms with Gasteiger partial charge < -0.3 is 10.2 Å². The predicted molar refractivity (Wildman–Crippen MR) is 55.4 cm³/mol. The molecule has 1 aromatic carbocycles. The number of hydrogen-bond acceptors (Lipinski definition) is 2. The van der Waals surface area contributed by atoms with Crippen LogP contribution in [0, 0.1) is 0 Å². The molecular weight excluding hydrogens is 232 g/mol. The Morgan fingerprint density at radius 3 is 1.77 bits per heavy atom. The zero-order valence-corrected chi connectivity index (χ0v) is 9.25. The monoisotopic (exact) mass is 244 g/mol. The van der Waals surface area contributed by atoms with Crippen molar-refractivity contribution in [1.29, 1.82) is 0 Å². The molecule has 72 valence electrons. The third kappa shape index (κ3) is 2.30. The first-order valence-electron chi connectivity index (χ1n) is 4.18. The van der Waals surface area contributed by atoms with Gasteiger partial charge in [-0.15, -0.1) is 0 Å². The molecule has 0 amide bonds. The molecule has 0 heterocycles. The molecule has 3 heteroatoms. The summed E-state index contributed by atoms with van der Waals surface area (Å²) in [5.41, 5.74) is 1.61. The minimum Gasteiger partial charge on any atom is -0.389 e. The number of halogens is 1. The molecule has 0 saturated carbocycles. The highest BCUT2D eigenvalue weighted by molar-refractivity contribution is 9.10. The third-order valence-electron chi connectivity index (χ3n) is 1.96. The Balaban J connectivity index is 3.18. The zero-order valence-electron chi connectivity index (χ0n) is 7.66. The summed E-state index contributed by atoms with van der Waals surface area (Å²) in [6.07, 6.45) is -1.04. The van der Waals surface area contributed by atoms with E-state index in [-0.39, 0.29) is 0 Å². The average Bonchev–Trinajstić information content (AvgIpc) is 2.03. The van der Waals surface area contributed by atoms with Gasteiger partial charge in [0.25, 0.3) is 0 Å². The average molecular weight is 245 g/mol. The van der Waals surface area contributed by atoms with E-state index in [0.29, 0.717) is 0 Å². The molecule has 0 fully saturated rings. The highest BCUT2D eigenvalue weighted by Crippen LogP contribution is 2.30. The second-order valence-electron chi connectivity index (χ2n) is 3.10. The Bertz CT molecular complexity index is 269. The molecule has 2 N–H and O–H groups in total. The molecule has 1 rings (SSSR count). The van der Waals surface area contributed by atoms with Crippen molar-refractivity contribution in [3.8, 4) is 0 Å². The molecule has 0 unspecified atom stereocenters. The molecule has 2 nitrogen and oxygen atoms in total. The first kappa shape index (κ1) is 10.7. The highest BCUT2D eigenvalue weighted by Gasteiger charge is 2.12. The van der Waals surface area contributed by atoms with Crippen LogP contribution in [0.2, 0.25) is 0 Å². The summed E-state index contributed by atoms with van der Waals surface area (Å²) < 4.78 is 0.792. The van der Waals surface area contributed by atoms with Crippen LogP contribution < -0.4 is 0 Å². The summed E-state index contributed by atoms with van der Waals surface area (Å²) in [5, 5.41) is 18.8. The fourth-order valence-electron chi connectivity index (χ4n) is 1.21. The normalized spacial score (nSPS) is 15.5. The van der Waals surface area contributed by atoms with E-state index < -0.39 is 12.2 Å². The molecule has 0 spiro atoms. The van der Waals surface area contributed by atoms with E-state index in [4.69, 9.17) is 0 Å². The van der Waals surface area contributed by atoms with Gasteiger partial charge in [0.2, 0.25) is 0 Å². The van der Waals surface area contributed by atoms with Crippen molar-refractivity contribution >= 4 is 15.9 Å². The van der Waals surface area contributed by atoms with Crippen molar-refractivity contribution in [3.05, 3.63) is 33.8 Å². The van der Waals surface area contributed by atoms with E-state index in [1.165, 1.54) is 0 Å². The SMILES string of the molecule is C[C@@H](O)c1cccc([C@@H](C)O)c1Br. The molecule has 0 radical (unpaired) electrons. The van der Waals surface area contributed by atoms with E-state index in [0.717, 1.165) is 15.6 Å². The van der Waals surface area contributed by atoms with Gasteiger partial charge in [-0.2, -0.15) is 0 Å². The summed E-state index contributed by atoms with van der Waals surface area (Å²) in [5.74, 6) is 0. The molecule has 1 aromatic rings. The van der Waals surface area contributed by atoms with Crippen LogP contribution in [-0.4, -0.2) is 10.2 Å². The van der Waals surface area contributed by atoms with E-state index in [2.05, 4.69) is 15.9 Å². The summed E-state index contributed by atoms with van der Waals surface area (Å²) in [4.78, 5) is 0.